The Kier molecular flexibility index (Phi) is 4.20. The molecule has 1 saturated heterocycles. The third-order valence-electron chi connectivity index (χ3n) is 4.29. The van der Waals surface area contributed by atoms with Crippen molar-refractivity contribution in [1.82, 2.24) is 20.3 Å². The minimum Gasteiger partial charge on any atom is -0.364 e. The Hall–Kier alpha value is -1.99. The van der Waals surface area contributed by atoms with E-state index in [0.717, 1.165) is 42.2 Å². The average molecular weight is 349 g/mol. The number of hydrogen-bond donors (Lipinski definition) is 3. The zero-order valence-electron chi connectivity index (χ0n) is 13.0. The zero-order chi connectivity index (χ0) is 16.5. The first kappa shape index (κ1) is 15.5. The number of hydrogen-bond acceptors (Lipinski definition) is 5. The van der Waals surface area contributed by atoms with E-state index in [2.05, 4.69) is 30.6 Å². The van der Waals surface area contributed by atoms with Crippen molar-refractivity contribution in [3.63, 3.8) is 0 Å². The molecule has 2 aliphatic heterocycles. The molecule has 0 bridgehead atoms. The second-order valence-corrected chi connectivity index (χ2v) is 6.63. The Morgan fingerprint density at radius 2 is 2.29 bits per heavy atom. The lowest BCUT2D eigenvalue weighted by Gasteiger charge is -2.24. The van der Waals surface area contributed by atoms with Crippen molar-refractivity contribution in [2.24, 2.45) is 4.99 Å². The van der Waals surface area contributed by atoms with E-state index >= 15 is 0 Å². The number of nitrogens with zero attached hydrogens (tertiary/aromatic N) is 3. The van der Waals surface area contributed by atoms with Gasteiger partial charge in [0.2, 0.25) is 0 Å². The number of nitrogens with one attached hydrogen (secondary N) is 3. The number of aromatic nitrogens is 3. The summed E-state index contributed by atoms with van der Waals surface area (Å²) in [4.78, 5) is 16.0. The number of halogens is 2. The van der Waals surface area contributed by atoms with Gasteiger partial charge >= 0.3 is 0 Å². The number of aromatic amines is 1. The van der Waals surface area contributed by atoms with Gasteiger partial charge < -0.3 is 15.6 Å². The first-order chi connectivity index (χ1) is 11.7. The van der Waals surface area contributed by atoms with Crippen LogP contribution in [0.25, 0.3) is 17.5 Å². The first-order valence-corrected chi connectivity index (χ1v) is 8.52. The quantitative estimate of drug-likeness (QED) is 0.717. The van der Waals surface area contributed by atoms with E-state index < -0.39 is 5.82 Å². The van der Waals surface area contributed by atoms with E-state index in [1.165, 1.54) is 6.20 Å². The van der Waals surface area contributed by atoms with Crippen LogP contribution < -0.4 is 21.3 Å². The molecule has 24 heavy (non-hydrogen) atoms. The molecule has 4 rings (SSSR count). The van der Waals surface area contributed by atoms with E-state index in [1.807, 2.05) is 6.08 Å². The molecule has 2 aliphatic rings. The minimum absolute atomic E-state index is 0.154. The summed E-state index contributed by atoms with van der Waals surface area (Å²) in [6.45, 7) is 2.35. The second kappa shape index (κ2) is 6.49. The average Bonchev–Trinajstić information content (AvgIpc) is 3.01. The fourth-order valence-electron chi connectivity index (χ4n) is 3.09. The normalized spacial score (nSPS) is 23.1. The predicted octanol–water partition coefficient (Wildman–Crippen LogP) is 0.796. The Bertz CT molecular complexity index is 858. The van der Waals surface area contributed by atoms with Crippen molar-refractivity contribution < 1.29 is 4.39 Å². The molecule has 0 amide bonds. The van der Waals surface area contributed by atoms with Crippen LogP contribution in [0, 0.1) is 5.82 Å². The molecule has 0 aromatic carbocycles. The van der Waals surface area contributed by atoms with Crippen LogP contribution in [0.4, 0.5) is 10.2 Å². The summed E-state index contributed by atoms with van der Waals surface area (Å²) in [5, 5.41) is 7.20. The number of H-pyrrole nitrogens is 1. The molecular formula is C16H18ClFN6. The molecule has 2 atom stereocenters. The van der Waals surface area contributed by atoms with Crippen LogP contribution in [0.3, 0.4) is 0 Å². The van der Waals surface area contributed by atoms with Gasteiger partial charge in [0.1, 0.15) is 5.49 Å². The van der Waals surface area contributed by atoms with Crippen LogP contribution in [-0.2, 0) is 0 Å². The lowest BCUT2D eigenvalue weighted by molar-refractivity contribution is 0.476. The molecule has 0 saturated carbocycles. The molecule has 1 fully saturated rings. The van der Waals surface area contributed by atoms with Crippen LogP contribution in [-0.4, -0.2) is 46.0 Å². The van der Waals surface area contributed by atoms with Crippen molar-refractivity contribution in [3.05, 3.63) is 28.9 Å². The number of piperidine rings is 1. The monoisotopic (exact) mass is 348 g/mol. The molecule has 0 radical (unpaired) electrons. The van der Waals surface area contributed by atoms with E-state index in [0.29, 0.717) is 12.4 Å². The Morgan fingerprint density at radius 3 is 3.12 bits per heavy atom. The van der Waals surface area contributed by atoms with Crippen LogP contribution in [0.15, 0.2) is 17.4 Å². The number of alkyl halides is 1. The predicted molar refractivity (Wildman–Crippen MR) is 91.0 cm³/mol. The Morgan fingerprint density at radius 1 is 1.38 bits per heavy atom. The largest absolute Gasteiger partial charge is 0.364 e. The van der Waals surface area contributed by atoms with Gasteiger partial charge in [-0.3, -0.25) is 4.99 Å². The summed E-state index contributed by atoms with van der Waals surface area (Å²) in [7, 11) is 0. The maximum absolute atomic E-state index is 14.1. The molecule has 6 nitrogen and oxygen atoms in total. The maximum Gasteiger partial charge on any atom is 0.183 e. The number of anilines is 1. The van der Waals surface area contributed by atoms with Gasteiger partial charge in [0, 0.05) is 29.6 Å². The van der Waals surface area contributed by atoms with Crippen LogP contribution in [0.1, 0.15) is 12.8 Å². The third-order valence-corrected chi connectivity index (χ3v) is 4.56. The highest BCUT2D eigenvalue weighted by molar-refractivity contribution is 6.24. The molecule has 2 aromatic rings. The van der Waals surface area contributed by atoms with Gasteiger partial charge in [-0.2, -0.15) is 0 Å². The smallest absolute Gasteiger partial charge is 0.183 e. The molecule has 126 valence electrons. The van der Waals surface area contributed by atoms with E-state index in [-0.39, 0.29) is 17.2 Å². The number of fused-ring (bicyclic) bond motifs is 1. The van der Waals surface area contributed by atoms with Gasteiger partial charge in [-0.1, -0.05) is 6.08 Å². The Balaban J connectivity index is 1.69. The summed E-state index contributed by atoms with van der Waals surface area (Å²) in [5.41, 5.74) is 1.55. The van der Waals surface area contributed by atoms with Crippen molar-refractivity contribution >= 4 is 23.5 Å². The van der Waals surface area contributed by atoms with Gasteiger partial charge in [0.05, 0.1) is 18.1 Å². The lowest BCUT2D eigenvalue weighted by atomic mass is 10.1. The third kappa shape index (κ3) is 3.01. The van der Waals surface area contributed by atoms with Crippen molar-refractivity contribution in [1.29, 1.82) is 0 Å². The highest BCUT2D eigenvalue weighted by Gasteiger charge is 2.18. The molecule has 2 aromatic heterocycles. The molecule has 0 spiro atoms. The lowest BCUT2D eigenvalue weighted by Crippen LogP contribution is -2.38. The molecule has 4 heterocycles. The fourth-order valence-corrected chi connectivity index (χ4v) is 3.28. The molecule has 3 N–H and O–H groups in total. The fraction of sp³-hybridized carbons (Fsp3) is 0.438. The van der Waals surface area contributed by atoms with Crippen molar-refractivity contribution in [2.45, 2.75) is 24.3 Å². The van der Waals surface area contributed by atoms with E-state index in [9.17, 15) is 4.39 Å². The van der Waals surface area contributed by atoms with Gasteiger partial charge in [0.25, 0.3) is 0 Å². The zero-order valence-corrected chi connectivity index (χ0v) is 13.8. The van der Waals surface area contributed by atoms with E-state index in [4.69, 9.17) is 11.6 Å². The van der Waals surface area contributed by atoms with Gasteiger partial charge in [-0.05, 0) is 19.4 Å². The molecule has 0 aliphatic carbocycles. The van der Waals surface area contributed by atoms with Gasteiger partial charge in [-0.15, -0.1) is 11.6 Å². The maximum atomic E-state index is 14.1. The SMILES string of the molecule is Fc1cnc(-c2c[nH]c3c2=CC(Cl)CN=3)nc1N[C@H]1CCCNC1. The van der Waals surface area contributed by atoms with Crippen molar-refractivity contribution in [2.75, 3.05) is 25.0 Å². The summed E-state index contributed by atoms with van der Waals surface area (Å²) in [6, 6.07) is 0.171. The number of rotatable bonds is 3. The highest BCUT2D eigenvalue weighted by Crippen LogP contribution is 2.18. The highest BCUT2D eigenvalue weighted by atomic mass is 35.5. The van der Waals surface area contributed by atoms with Crippen LogP contribution >= 0.6 is 11.6 Å². The van der Waals surface area contributed by atoms with E-state index in [1.54, 1.807) is 6.20 Å². The van der Waals surface area contributed by atoms with Crippen molar-refractivity contribution in [3.8, 4) is 11.4 Å². The second-order valence-electron chi connectivity index (χ2n) is 6.07. The van der Waals surface area contributed by atoms with Gasteiger partial charge in [0.15, 0.2) is 17.5 Å². The summed E-state index contributed by atoms with van der Waals surface area (Å²) in [6.07, 6.45) is 6.99. The van der Waals surface area contributed by atoms with Gasteiger partial charge in [-0.25, -0.2) is 14.4 Å². The van der Waals surface area contributed by atoms with Crippen LogP contribution in [0.5, 0.6) is 0 Å². The van der Waals surface area contributed by atoms with Crippen LogP contribution in [0.2, 0.25) is 0 Å². The minimum atomic E-state index is -0.447. The molecule has 8 heteroatoms. The molecule has 1 unspecified atom stereocenters. The standard InChI is InChI=1S/C16H18ClFN6/c17-9-4-11-12(7-21-14(11)20-5-9)15-22-8-13(18)16(24-15)23-10-2-1-3-19-6-10/h4,7-10,19H,1-3,5-6H2,(H,20,21)(H,22,23,24)/t9?,10-/m0/s1. The summed E-state index contributed by atoms with van der Waals surface area (Å²) < 4.78 is 14.1. The Labute approximate surface area is 143 Å². The molecular weight excluding hydrogens is 331 g/mol. The first-order valence-electron chi connectivity index (χ1n) is 8.08. The topological polar surface area (TPSA) is 78.0 Å². The summed E-state index contributed by atoms with van der Waals surface area (Å²) >= 11 is 6.16. The summed E-state index contributed by atoms with van der Waals surface area (Å²) in [5.74, 6) is 0.244.